The Kier molecular flexibility index (Phi) is 6.95. The van der Waals surface area contributed by atoms with E-state index >= 15 is 0 Å². The van der Waals surface area contributed by atoms with Gasteiger partial charge in [0.15, 0.2) is 0 Å². The molecule has 3 rings (SSSR count). The predicted octanol–water partition coefficient (Wildman–Crippen LogP) is 4.06. The molecule has 0 bridgehead atoms. The zero-order chi connectivity index (χ0) is 20.1. The summed E-state index contributed by atoms with van der Waals surface area (Å²) in [4.78, 5) is 31.5. The van der Waals surface area contributed by atoms with Crippen LogP contribution in [0.4, 0.5) is 5.69 Å². The van der Waals surface area contributed by atoms with Gasteiger partial charge < -0.3 is 15.5 Å². The molecule has 2 N–H and O–H groups in total. The van der Waals surface area contributed by atoms with Crippen LogP contribution < -0.4 is 10.6 Å². The van der Waals surface area contributed by atoms with E-state index in [1.807, 2.05) is 49.8 Å². The fourth-order valence-electron chi connectivity index (χ4n) is 2.44. The van der Waals surface area contributed by atoms with E-state index in [9.17, 15) is 9.59 Å². The van der Waals surface area contributed by atoms with Crippen LogP contribution in [0, 0.1) is 0 Å². The van der Waals surface area contributed by atoms with Crippen LogP contribution in [0.2, 0.25) is 0 Å². The minimum Gasteiger partial charge on any atom is -0.347 e. The van der Waals surface area contributed by atoms with Crippen LogP contribution in [-0.2, 0) is 11.3 Å². The van der Waals surface area contributed by atoms with Crippen molar-refractivity contribution >= 4 is 56.1 Å². The summed E-state index contributed by atoms with van der Waals surface area (Å²) in [5, 5.41) is 10.3. The molecule has 2 aromatic heterocycles. The lowest BCUT2D eigenvalue weighted by Crippen LogP contribution is -2.27. The Morgan fingerprint density at radius 3 is 2.71 bits per heavy atom. The molecule has 2 amide bonds. The molecule has 0 spiro atoms. The van der Waals surface area contributed by atoms with E-state index in [0.717, 1.165) is 19.9 Å². The monoisotopic (exact) mass is 478 g/mol. The lowest BCUT2D eigenvalue weighted by molar-refractivity contribution is -0.116. The van der Waals surface area contributed by atoms with Crippen molar-refractivity contribution in [1.82, 2.24) is 15.2 Å². The molecule has 146 valence electrons. The maximum absolute atomic E-state index is 12.4. The van der Waals surface area contributed by atoms with Gasteiger partial charge >= 0.3 is 0 Å². The average molecular weight is 479 g/mol. The number of hydrogen-bond donors (Lipinski definition) is 2. The van der Waals surface area contributed by atoms with Gasteiger partial charge in [0.2, 0.25) is 5.91 Å². The van der Waals surface area contributed by atoms with Crippen molar-refractivity contribution in [1.29, 1.82) is 0 Å². The molecule has 0 atom stereocenters. The number of thiophene rings is 1. The predicted molar refractivity (Wildman–Crippen MR) is 118 cm³/mol. The summed E-state index contributed by atoms with van der Waals surface area (Å²) in [6.07, 6.45) is 0. The van der Waals surface area contributed by atoms with Gasteiger partial charge in [-0.15, -0.1) is 22.7 Å². The first-order valence-corrected chi connectivity index (χ1v) is 11.0. The third-order valence-corrected chi connectivity index (χ3v) is 6.34. The van der Waals surface area contributed by atoms with Crippen LogP contribution in [0.25, 0.3) is 9.88 Å². The lowest BCUT2D eigenvalue weighted by Gasteiger charge is -2.11. The number of amides is 2. The molecule has 0 aliphatic heterocycles. The van der Waals surface area contributed by atoms with E-state index in [2.05, 4.69) is 31.5 Å². The first-order valence-electron chi connectivity index (χ1n) is 8.42. The fourth-order valence-corrected chi connectivity index (χ4v) is 4.74. The van der Waals surface area contributed by atoms with Crippen molar-refractivity contribution in [2.75, 3.05) is 26.0 Å². The van der Waals surface area contributed by atoms with Gasteiger partial charge in [-0.25, -0.2) is 4.98 Å². The Balaban J connectivity index is 1.58. The van der Waals surface area contributed by atoms with Gasteiger partial charge in [0.05, 0.1) is 11.4 Å². The molecule has 6 nitrogen and oxygen atoms in total. The number of halogens is 1. The average Bonchev–Trinajstić information content (AvgIpc) is 3.28. The smallest absolute Gasteiger partial charge is 0.271 e. The van der Waals surface area contributed by atoms with E-state index in [-0.39, 0.29) is 11.8 Å². The van der Waals surface area contributed by atoms with Gasteiger partial charge in [0, 0.05) is 27.5 Å². The van der Waals surface area contributed by atoms with Crippen LogP contribution in [0.3, 0.4) is 0 Å². The number of hydrogen-bond acceptors (Lipinski definition) is 6. The largest absolute Gasteiger partial charge is 0.347 e. The Morgan fingerprint density at radius 2 is 2.00 bits per heavy atom. The molecule has 28 heavy (non-hydrogen) atoms. The third-order valence-electron chi connectivity index (χ3n) is 3.64. The van der Waals surface area contributed by atoms with Crippen molar-refractivity contribution < 1.29 is 9.59 Å². The number of carbonyl (C=O) groups is 2. The summed E-state index contributed by atoms with van der Waals surface area (Å²) in [6, 6.07) is 9.41. The minimum atomic E-state index is -0.222. The summed E-state index contributed by atoms with van der Waals surface area (Å²) in [7, 11) is 3.68. The first-order chi connectivity index (χ1) is 13.4. The topological polar surface area (TPSA) is 74.3 Å². The van der Waals surface area contributed by atoms with E-state index < -0.39 is 0 Å². The highest BCUT2D eigenvalue weighted by Crippen LogP contribution is 2.31. The quantitative estimate of drug-likeness (QED) is 0.536. The normalized spacial score (nSPS) is 10.9. The van der Waals surface area contributed by atoms with E-state index in [1.165, 1.54) is 11.3 Å². The number of rotatable bonds is 7. The number of nitrogens with zero attached hydrogens (tertiary/aromatic N) is 2. The molecule has 0 saturated carbocycles. The SMILES string of the molecule is CN(C)CC(=O)Nc1cccc(CNC(=O)c2csc(-c3cc(Br)cs3)n2)c1. The summed E-state index contributed by atoms with van der Waals surface area (Å²) < 4.78 is 1.01. The molecule has 2 heterocycles. The summed E-state index contributed by atoms with van der Waals surface area (Å²) in [5.41, 5.74) is 2.01. The molecule has 9 heteroatoms. The van der Waals surface area contributed by atoms with Gasteiger partial charge in [-0.1, -0.05) is 12.1 Å². The van der Waals surface area contributed by atoms with Crippen LogP contribution in [0.1, 0.15) is 16.1 Å². The minimum absolute atomic E-state index is 0.0820. The molecule has 0 saturated heterocycles. The van der Waals surface area contributed by atoms with Crippen molar-refractivity contribution in [2.45, 2.75) is 6.54 Å². The number of aromatic nitrogens is 1. The summed E-state index contributed by atoms with van der Waals surface area (Å²) in [6.45, 7) is 0.668. The number of anilines is 1. The van der Waals surface area contributed by atoms with E-state index in [1.54, 1.807) is 21.6 Å². The Morgan fingerprint density at radius 1 is 1.18 bits per heavy atom. The number of likely N-dealkylation sites (N-methyl/N-ethyl adjacent to an activating group) is 1. The third kappa shape index (κ3) is 5.71. The van der Waals surface area contributed by atoms with Crippen LogP contribution in [0.5, 0.6) is 0 Å². The number of nitrogens with one attached hydrogen (secondary N) is 2. The number of thiazole rings is 1. The van der Waals surface area contributed by atoms with Crippen molar-refractivity contribution in [3.05, 3.63) is 56.8 Å². The standard InChI is InChI=1S/C19H19BrN4O2S2/c1-24(2)9-17(25)22-14-5-3-4-12(6-14)8-21-18(26)15-11-28-19(23-15)16-7-13(20)10-27-16/h3-7,10-11H,8-9H2,1-2H3,(H,21,26)(H,22,25). The number of benzene rings is 1. The Bertz CT molecular complexity index is 984. The molecule has 0 radical (unpaired) electrons. The van der Waals surface area contributed by atoms with Gasteiger partial charge in [-0.05, 0) is 53.8 Å². The second-order valence-electron chi connectivity index (χ2n) is 6.34. The molecule has 0 unspecified atom stereocenters. The highest BCUT2D eigenvalue weighted by Gasteiger charge is 2.13. The van der Waals surface area contributed by atoms with Crippen molar-refractivity contribution in [3.63, 3.8) is 0 Å². The molecular formula is C19H19BrN4O2S2. The molecule has 1 aromatic carbocycles. The molecular weight excluding hydrogens is 460 g/mol. The highest BCUT2D eigenvalue weighted by molar-refractivity contribution is 9.10. The highest BCUT2D eigenvalue weighted by atomic mass is 79.9. The van der Waals surface area contributed by atoms with Crippen molar-refractivity contribution in [3.8, 4) is 9.88 Å². The van der Waals surface area contributed by atoms with E-state index in [0.29, 0.717) is 24.5 Å². The van der Waals surface area contributed by atoms with Gasteiger partial charge in [0.1, 0.15) is 10.7 Å². The summed E-state index contributed by atoms with van der Waals surface area (Å²) in [5.74, 6) is -0.304. The number of carbonyl (C=O) groups excluding carboxylic acids is 2. The van der Waals surface area contributed by atoms with Gasteiger partial charge in [-0.2, -0.15) is 0 Å². The molecule has 0 fully saturated rings. The van der Waals surface area contributed by atoms with Crippen LogP contribution in [0.15, 0.2) is 45.6 Å². The maximum Gasteiger partial charge on any atom is 0.271 e. The van der Waals surface area contributed by atoms with Crippen LogP contribution >= 0.6 is 38.6 Å². The van der Waals surface area contributed by atoms with Gasteiger partial charge in [-0.3, -0.25) is 9.59 Å². The second-order valence-corrected chi connectivity index (χ2v) is 9.02. The Hall–Kier alpha value is -2.07. The molecule has 0 aliphatic rings. The summed E-state index contributed by atoms with van der Waals surface area (Å²) >= 11 is 6.45. The zero-order valence-corrected chi connectivity index (χ0v) is 18.6. The van der Waals surface area contributed by atoms with Crippen molar-refractivity contribution in [2.24, 2.45) is 0 Å². The lowest BCUT2D eigenvalue weighted by atomic mass is 10.2. The van der Waals surface area contributed by atoms with Crippen LogP contribution in [-0.4, -0.2) is 42.3 Å². The molecule has 0 aliphatic carbocycles. The fraction of sp³-hybridized carbons (Fsp3) is 0.211. The first kappa shape index (κ1) is 20.7. The zero-order valence-electron chi connectivity index (χ0n) is 15.4. The maximum atomic E-state index is 12.4. The second kappa shape index (κ2) is 9.42. The van der Waals surface area contributed by atoms with Gasteiger partial charge in [0.25, 0.3) is 5.91 Å². The van der Waals surface area contributed by atoms with E-state index in [4.69, 9.17) is 0 Å². The molecule has 3 aromatic rings. The Labute approximate surface area is 179 Å².